The second-order valence-corrected chi connectivity index (χ2v) is 4.67. The van der Waals surface area contributed by atoms with Crippen LogP contribution in [-0.4, -0.2) is 6.61 Å². The second-order valence-electron chi connectivity index (χ2n) is 4.67. The Kier molecular flexibility index (Phi) is 3.38. The van der Waals surface area contributed by atoms with E-state index in [1.807, 2.05) is 12.1 Å². The molecule has 1 aliphatic heterocycles. The number of para-hydroxylation sites is 1. The van der Waals surface area contributed by atoms with Crippen LogP contribution in [0.25, 0.3) is 0 Å². The number of fused-ring (bicyclic) bond motifs is 1. The van der Waals surface area contributed by atoms with E-state index in [-0.39, 0.29) is 5.56 Å². The van der Waals surface area contributed by atoms with Gasteiger partial charge in [-0.15, -0.1) is 0 Å². The molecule has 104 valence electrons. The number of nitrogens with two attached hydrogens (primary N) is 1. The van der Waals surface area contributed by atoms with E-state index in [1.54, 1.807) is 6.07 Å². The molecule has 3 N–H and O–H groups in total. The molecule has 0 saturated heterocycles. The van der Waals surface area contributed by atoms with Crippen LogP contribution in [0.2, 0.25) is 0 Å². The first-order valence-electron chi connectivity index (χ1n) is 6.37. The number of ether oxygens (including phenoxy) is 1. The number of hydrogen-bond acceptors (Lipinski definition) is 3. The zero-order chi connectivity index (χ0) is 14.1. The van der Waals surface area contributed by atoms with Crippen LogP contribution >= 0.6 is 0 Å². The molecule has 0 aromatic heterocycles. The zero-order valence-corrected chi connectivity index (χ0v) is 10.7. The van der Waals surface area contributed by atoms with Crippen LogP contribution in [-0.2, 0) is 6.42 Å². The molecule has 0 fully saturated rings. The summed E-state index contributed by atoms with van der Waals surface area (Å²) < 4.78 is 33.5. The van der Waals surface area contributed by atoms with Gasteiger partial charge < -0.3 is 4.74 Å². The molecule has 1 aliphatic rings. The van der Waals surface area contributed by atoms with Crippen molar-refractivity contribution in [3.63, 3.8) is 0 Å². The Bertz CT molecular complexity index is 626. The molecule has 5 heteroatoms. The Morgan fingerprint density at radius 2 is 1.80 bits per heavy atom. The summed E-state index contributed by atoms with van der Waals surface area (Å²) in [7, 11) is 0. The molecule has 0 aliphatic carbocycles. The Labute approximate surface area is 115 Å². The fourth-order valence-corrected chi connectivity index (χ4v) is 2.58. The van der Waals surface area contributed by atoms with Crippen molar-refractivity contribution >= 4 is 0 Å². The monoisotopic (exact) mass is 276 g/mol. The fourth-order valence-electron chi connectivity index (χ4n) is 2.58. The van der Waals surface area contributed by atoms with Gasteiger partial charge in [-0.2, -0.15) is 0 Å². The predicted molar refractivity (Wildman–Crippen MR) is 71.2 cm³/mol. The van der Waals surface area contributed by atoms with Gasteiger partial charge in [0.05, 0.1) is 12.6 Å². The highest BCUT2D eigenvalue weighted by atomic mass is 19.1. The van der Waals surface area contributed by atoms with E-state index in [9.17, 15) is 8.78 Å². The summed E-state index contributed by atoms with van der Waals surface area (Å²) in [6, 6.07) is 8.51. The van der Waals surface area contributed by atoms with Crippen LogP contribution in [0.4, 0.5) is 8.78 Å². The largest absolute Gasteiger partial charge is 0.493 e. The van der Waals surface area contributed by atoms with Gasteiger partial charge in [-0.25, -0.2) is 14.2 Å². The lowest BCUT2D eigenvalue weighted by molar-refractivity contribution is 0.349. The van der Waals surface area contributed by atoms with E-state index in [1.165, 1.54) is 18.2 Å². The Hall–Kier alpha value is -1.98. The number of benzene rings is 2. The van der Waals surface area contributed by atoms with Crippen LogP contribution < -0.4 is 16.0 Å². The van der Waals surface area contributed by atoms with Crippen molar-refractivity contribution < 1.29 is 13.5 Å². The van der Waals surface area contributed by atoms with Crippen LogP contribution in [0.5, 0.6) is 5.75 Å². The molecule has 3 rings (SSSR count). The van der Waals surface area contributed by atoms with E-state index >= 15 is 0 Å². The van der Waals surface area contributed by atoms with Crippen LogP contribution in [0.1, 0.15) is 22.7 Å². The maximum absolute atomic E-state index is 13.9. The summed E-state index contributed by atoms with van der Waals surface area (Å²) in [5, 5.41) is 0. The molecule has 1 unspecified atom stereocenters. The standard InChI is InChI=1S/C15H14F2N2O/c16-11-5-2-6-12(17)13(11)14(19-18)10-4-1-3-9-7-8-20-15(9)10/h1-6,14,19H,7-8,18H2. The van der Waals surface area contributed by atoms with Gasteiger partial charge in [0.15, 0.2) is 0 Å². The maximum atomic E-state index is 13.9. The number of rotatable bonds is 3. The van der Waals surface area contributed by atoms with Crippen molar-refractivity contribution in [3.05, 3.63) is 64.7 Å². The van der Waals surface area contributed by atoms with E-state index < -0.39 is 17.7 Å². The van der Waals surface area contributed by atoms with Crippen molar-refractivity contribution in [1.82, 2.24) is 5.43 Å². The van der Waals surface area contributed by atoms with Gasteiger partial charge in [-0.1, -0.05) is 24.3 Å². The lowest BCUT2D eigenvalue weighted by Gasteiger charge is -2.20. The lowest BCUT2D eigenvalue weighted by Crippen LogP contribution is -2.30. The van der Waals surface area contributed by atoms with Crippen molar-refractivity contribution in [2.45, 2.75) is 12.5 Å². The van der Waals surface area contributed by atoms with E-state index in [0.29, 0.717) is 17.9 Å². The molecule has 1 atom stereocenters. The second kappa shape index (κ2) is 5.19. The zero-order valence-electron chi connectivity index (χ0n) is 10.7. The van der Waals surface area contributed by atoms with Gasteiger partial charge in [0.2, 0.25) is 0 Å². The number of nitrogens with one attached hydrogen (secondary N) is 1. The first kappa shape index (κ1) is 13.0. The third-order valence-corrected chi connectivity index (χ3v) is 3.51. The molecule has 0 saturated carbocycles. The van der Waals surface area contributed by atoms with Gasteiger partial charge in [-0.3, -0.25) is 5.84 Å². The minimum atomic E-state index is -0.788. The van der Waals surface area contributed by atoms with Gasteiger partial charge in [0.1, 0.15) is 17.4 Å². The minimum absolute atomic E-state index is 0.0982. The summed E-state index contributed by atoms with van der Waals surface area (Å²) in [5.41, 5.74) is 4.06. The first-order valence-corrected chi connectivity index (χ1v) is 6.37. The summed E-state index contributed by atoms with van der Waals surface area (Å²) >= 11 is 0. The third kappa shape index (κ3) is 2.05. The van der Waals surface area contributed by atoms with Gasteiger partial charge in [-0.05, 0) is 17.7 Å². The Balaban J connectivity index is 2.14. The third-order valence-electron chi connectivity index (χ3n) is 3.51. The average Bonchev–Trinajstić information content (AvgIpc) is 2.91. The first-order chi connectivity index (χ1) is 9.72. The Morgan fingerprint density at radius 1 is 1.10 bits per heavy atom. The number of halogens is 2. The molecule has 0 spiro atoms. The summed E-state index contributed by atoms with van der Waals surface area (Å²) in [4.78, 5) is 0. The summed E-state index contributed by atoms with van der Waals surface area (Å²) in [5.74, 6) is 4.92. The van der Waals surface area contributed by atoms with E-state index in [4.69, 9.17) is 10.6 Å². The molecule has 0 radical (unpaired) electrons. The minimum Gasteiger partial charge on any atom is -0.493 e. The highest BCUT2D eigenvalue weighted by Crippen LogP contribution is 2.37. The normalized spacial score (nSPS) is 14.8. The molecule has 2 aromatic rings. The summed E-state index contributed by atoms with van der Waals surface area (Å²) in [6.07, 6.45) is 0.792. The highest BCUT2D eigenvalue weighted by Gasteiger charge is 2.26. The molecule has 0 amide bonds. The lowest BCUT2D eigenvalue weighted by atomic mass is 9.95. The molecule has 2 aromatic carbocycles. The van der Waals surface area contributed by atoms with Crippen LogP contribution in [0.3, 0.4) is 0 Å². The van der Waals surface area contributed by atoms with E-state index in [2.05, 4.69) is 5.43 Å². The van der Waals surface area contributed by atoms with Crippen molar-refractivity contribution in [2.75, 3.05) is 6.61 Å². The summed E-state index contributed by atoms with van der Waals surface area (Å²) in [6.45, 7) is 0.573. The topological polar surface area (TPSA) is 47.3 Å². The molecule has 1 heterocycles. The molecule has 20 heavy (non-hydrogen) atoms. The van der Waals surface area contributed by atoms with Gasteiger partial charge in [0, 0.05) is 17.5 Å². The van der Waals surface area contributed by atoms with Crippen molar-refractivity contribution in [2.24, 2.45) is 5.84 Å². The smallest absolute Gasteiger partial charge is 0.131 e. The quantitative estimate of drug-likeness (QED) is 0.668. The maximum Gasteiger partial charge on any atom is 0.131 e. The number of hydrogen-bond donors (Lipinski definition) is 2. The average molecular weight is 276 g/mol. The fraction of sp³-hybridized carbons (Fsp3) is 0.200. The van der Waals surface area contributed by atoms with E-state index in [0.717, 1.165) is 12.0 Å². The molecular formula is C15H14F2N2O. The Morgan fingerprint density at radius 3 is 2.50 bits per heavy atom. The van der Waals surface area contributed by atoms with Crippen LogP contribution in [0.15, 0.2) is 36.4 Å². The van der Waals surface area contributed by atoms with Crippen molar-refractivity contribution in [1.29, 1.82) is 0 Å². The molecular weight excluding hydrogens is 262 g/mol. The van der Waals surface area contributed by atoms with Gasteiger partial charge in [0.25, 0.3) is 0 Å². The van der Waals surface area contributed by atoms with Crippen LogP contribution in [0, 0.1) is 11.6 Å². The predicted octanol–water partition coefficient (Wildman–Crippen LogP) is 2.45. The SMILES string of the molecule is NNC(c1cccc2c1OCC2)c1c(F)cccc1F. The number of hydrazine groups is 1. The van der Waals surface area contributed by atoms with Crippen molar-refractivity contribution in [3.8, 4) is 5.75 Å². The molecule has 3 nitrogen and oxygen atoms in total. The highest BCUT2D eigenvalue weighted by molar-refractivity contribution is 5.49. The molecule has 0 bridgehead atoms. The van der Waals surface area contributed by atoms with Gasteiger partial charge >= 0.3 is 0 Å².